The second-order valence-corrected chi connectivity index (χ2v) is 5.35. The van der Waals surface area contributed by atoms with E-state index >= 15 is 0 Å². The smallest absolute Gasteiger partial charge is 0.0692 e. The lowest BCUT2D eigenvalue weighted by Crippen LogP contribution is -2.31. The van der Waals surface area contributed by atoms with Crippen molar-refractivity contribution in [2.24, 2.45) is 5.92 Å². The highest BCUT2D eigenvalue weighted by Crippen LogP contribution is 2.27. The van der Waals surface area contributed by atoms with Crippen molar-refractivity contribution >= 4 is 11.3 Å². The summed E-state index contributed by atoms with van der Waals surface area (Å²) >= 11 is 1.76. The molecule has 0 saturated heterocycles. The molecule has 0 radical (unpaired) electrons. The van der Waals surface area contributed by atoms with Crippen molar-refractivity contribution in [1.29, 1.82) is 0 Å². The minimum Gasteiger partial charge on any atom is -0.392 e. The van der Waals surface area contributed by atoms with E-state index in [1.54, 1.807) is 11.3 Å². The first-order valence-corrected chi connectivity index (χ1v) is 6.65. The fraction of sp³-hybridized carbons (Fsp3) is 0.667. The zero-order valence-electron chi connectivity index (χ0n) is 8.98. The molecule has 1 heterocycles. The lowest BCUT2D eigenvalue weighted by atomic mass is 10.0. The number of rotatable bonds is 5. The van der Waals surface area contributed by atoms with E-state index in [4.69, 9.17) is 0 Å². The van der Waals surface area contributed by atoms with E-state index in [0.717, 1.165) is 13.1 Å². The standard InChI is InChI=1S/C12H19NOS/c14-12(10-4-1-2-5-10)9-13-8-11-6-3-7-15-11/h3,6-7,10,12-14H,1-2,4-5,8-9H2. The average Bonchev–Trinajstić information content (AvgIpc) is 2.90. The van der Waals surface area contributed by atoms with Gasteiger partial charge in [-0.25, -0.2) is 0 Å². The molecule has 15 heavy (non-hydrogen) atoms. The first kappa shape index (κ1) is 11.1. The fourth-order valence-corrected chi connectivity index (χ4v) is 2.94. The van der Waals surface area contributed by atoms with Crippen molar-refractivity contribution in [1.82, 2.24) is 5.32 Å². The Morgan fingerprint density at radius 2 is 2.27 bits per heavy atom. The molecule has 1 unspecified atom stereocenters. The Hall–Kier alpha value is -0.380. The molecule has 0 spiro atoms. The molecule has 2 rings (SSSR count). The van der Waals surface area contributed by atoms with E-state index in [-0.39, 0.29) is 6.10 Å². The number of thiophene rings is 1. The fourth-order valence-electron chi connectivity index (χ4n) is 2.27. The zero-order valence-corrected chi connectivity index (χ0v) is 9.80. The topological polar surface area (TPSA) is 32.3 Å². The van der Waals surface area contributed by atoms with Gasteiger partial charge in [0, 0.05) is 18.0 Å². The van der Waals surface area contributed by atoms with Crippen molar-refractivity contribution in [3.63, 3.8) is 0 Å². The minimum atomic E-state index is -0.146. The summed E-state index contributed by atoms with van der Waals surface area (Å²) in [5.74, 6) is 0.542. The van der Waals surface area contributed by atoms with Gasteiger partial charge in [-0.2, -0.15) is 0 Å². The van der Waals surface area contributed by atoms with Gasteiger partial charge in [-0.15, -0.1) is 11.3 Å². The molecular formula is C12H19NOS. The second kappa shape index (κ2) is 5.64. The molecule has 1 fully saturated rings. The molecule has 0 aromatic carbocycles. The van der Waals surface area contributed by atoms with Gasteiger partial charge in [-0.05, 0) is 30.2 Å². The van der Waals surface area contributed by atoms with Crippen LogP contribution in [0.25, 0.3) is 0 Å². The van der Waals surface area contributed by atoms with E-state index in [1.807, 2.05) is 0 Å². The summed E-state index contributed by atoms with van der Waals surface area (Å²) in [6.07, 6.45) is 4.87. The Balaban J connectivity index is 1.64. The Morgan fingerprint density at radius 3 is 2.93 bits per heavy atom. The molecule has 1 aliphatic rings. The monoisotopic (exact) mass is 225 g/mol. The van der Waals surface area contributed by atoms with E-state index in [0.29, 0.717) is 5.92 Å². The normalized spacial score (nSPS) is 19.5. The molecular weight excluding hydrogens is 206 g/mol. The lowest BCUT2D eigenvalue weighted by molar-refractivity contribution is 0.109. The van der Waals surface area contributed by atoms with E-state index < -0.39 is 0 Å². The van der Waals surface area contributed by atoms with Gasteiger partial charge in [-0.1, -0.05) is 18.9 Å². The Morgan fingerprint density at radius 1 is 1.47 bits per heavy atom. The molecule has 1 saturated carbocycles. The maximum absolute atomic E-state index is 9.92. The van der Waals surface area contributed by atoms with Crippen LogP contribution in [0.3, 0.4) is 0 Å². The van der Waals surface area contributed by atoms with Crippen LogP contribution in [0.2, 0.25) is 0 Å². The summed E-state index contributed by atoms with van der Waals surface area (Å²) in [5, 5.41) is 15.3. The number of aliphatic hydroxyl groups is 1. The molecule has 1 aromatic rings. The Labute approximate surface area is 95.3 Å². The van der Waals surface area contributed by atoms with E-state index in [1.165, 1.54) is 30.6 Å². The minimum absolute atomic E-state index is 0.146. The SMILES string of the molecule is OC(CNCc1cccs1)C1CCCC1. The van der Waals surface area contributed by atoms with Crippen molar-refractivity contribution < 1.29 is 5.11 Å². The van der Waals surface area contributed by atoms with Gasteiger partial charge in [0.05, 0.1) is 6.10 Å². The zero-order chi connectivity index (χ0) is 10.5. The number of nitrogens with one attached hydrogen (secondary N) is 1. The number of hydrogen-bond donors (Lipinski definition) is 2. The highest BCUT2D eigenvalue weighted by molar-refractivity contribution is 7.09. The molecule has 2 N–H and O–H groups in total. The summed E-state index contributed by atoms with van der Waals surface area (Å²) in [6.45, 7) is 1.63. The molecule has 0 aliphatic heterocycles. The summed E-state index contributed by atoms with van der Waals surface area (Å²) in [4.78, 5) is 1.34. The molecule has 3 heteroatoms. The largest absolute Gasteiger partial charge is 0.392 e. The van der Waals surface area contributed by atoms with Crippen LogP contribution in [0.1, 0.15) is 30.6 Å². The molecule has 1 aliphatic carbocycles. The van der Waals surface area contributed by atoms with Crippen molar-refractivity contribution in [2.75, 3.05) is 6.54 Å². The van der Waals surface area contributed by atoms with Gasteiger partial charge in [0.2, 0.25) is 0 Å². The van der Waals surface area contributed by atoms with Crippen LogP contribution in [0.4, 0.5) is 0 Å². The summed E-state index contributed by atoms with van der Waals surface area (Å²) < 4.78 is 0. The van der Waals surface area contributed by atoms with Gasteiger partial charge in [0.25, 0.3) is 0 Å². The van der Waals surface area contributed by atoms with Crippen LogP contribution in [0, 0.1) is 5.92 Å². The van der Waals surface area contributed by atoms with Gasteiger partial charge in [0.1, 0.15) is 0 Å². The van der Waals surface area contributed by atoms with Crippen molar-refractivity contribution in [3.05, 3.63) is 22.4 Å². The Bertz CT molecular complexity index is 267. The van der Waals surface area contributed by atoms with E-state index in [2.05, 4.69) is 22.8 Å². The maximum Gasteiger partial charge on any atom is 0.0692 e. The summed E-state index contributed by atoms with van der Waals surface area (Å²) in [7, 11) is 0. The van der Waals surface area contributed by atoms with Gasteiger partial charge >= 0.3 is 0 Å². The van der Waals surface area contributed by atoms with Gasteiger partial charge in [-0.3, -0.25) is 0 Å². The highest BCUT2D eigenvalue weighted by atomic mass is 32.1. The van der Waals surface area contributed by atoms with E-state index in [9.17, 15) is 5.11 Å². The molecule has 0 bridgehead atoms. The third-order valence-corrected chi connectivity index (χ3v) is 4.05. The Kier molecular flexibility index (Phi) is 4.18. The van der Waals surface area contributed by atoms with Crippen molar-refractivity contribution in [3.8, 4) is 0 Å². The quantitative estimate of drug-likeness (QED) is 0.806. The average molecular weight is 225 g/mol. The molecule has 84 valence electrons. The van der Waals surface area contributed by atoms with Gasteiger partial charge in [0.15, 0.2) is 0 Å². The van der Waals surface area contributed by atoms with Gasteiger partial charge < -0.3 is 10.4 Å². The van der Waals surface area contributed by atoms with Crippen LogP contribution in [-0.2, 0) is 6.54 Å². The first-order chi connectivity index (χ1) is 7.36. The molecule has 0 amide bonds. The third-order valence-electron chi connectivity index (χ3n) is 3.18. The summed E-state index contributed by atoms with van der Waals surface area (Å²) in [5.41, 5.74) is 0. The van der Waals surface area contributed by atoms with Crippen LogP contribution < -0.4 is 5.32 Å². The second-order valence-electron chi connectivity index (χ2n) is 4.32. The number of hydrogen-bond acceptors (Lipinski definition) is 3. The van der Waals surface area contributed by atoms with Crippen LogP contribution >= 0.6 is 11.3 Å². The predicted octanol–water partition coefficient (Wildman–Crippen LogP) is 2.39. The van der Waals surface area contributed by atoms with Crippen LogP contribution in [-0.4, -0.2) is 17.8 Å². The summed E-state index contributed by atoms with van der Waals surface area (Å²) in [6, 6.07) is 4.19. The molecule has 2 nitrogen and oxygen atoms in total. The van der Waals surface area contributed by atoms with Crippen LogP contribution in [0.5, 0.6) is 0 Å². The lowest BCUT2D eigenvalue weighted by Gasteiger charge is -2.17. The van der Waals surface area contributed by atoms with Crippen LogP contribution in [0.15, 0.2) is 17.5 Å². The number of aliphatic hydroxyl groups excluding tert-OH is 1. The molecule has 1 atom stereocenters. The predicted molar refractivity (Wildman–Crippen MR) is 64.0 cm³/mol. The molecule has 1 aromatic heterocycles. The first-order valence-electron chi connectivity index (χ1n) is 5.77. The highest BCUT2D eigenvalue weighted by Gasteiger charge is 2.22. The maximum atomic E-state index is 9.92. The third kappa shape index (κ3) is 3.30. The van der Waals surface area contributed by atoms with Crippen molar-refractivity contribution in [2.45, 2.75) is 38.3 Å².